The molecule has 0 fully saturated rings. The summed E-state index contributed by atoms with van der Waals surface area (Å²) in [5.74, 6) is -1.26. The number of carboxylic acids is 1. The first-order valence-corrected chi connectivity index (χ1v) is 10.3. The first-order chi connectivity index (χ1) is 15.7. The standard InChI is InChI=1S/C23H15F3N2O4S/c24-23(25,26)18-7-3-1-6-16(18)19-12-33-21(27-19)13-9-10-14(17(11-13)22(29)30)15-5-2-4-8-20(15)28(31)32/h1-12,31-32H,(H,29,30). The third kappa shape index (κ3) is 4.44. The van der Waals surface area contributed by atoms with Gasteiger partial charge in [-0.25, -0.2) is 9.78 Å². The van der Waals surface area contributed by atoms with Gasteiger partial charge in [-0.3, -0.25) is 10.4 Å². The second-order valence-electron chi connectivity index (χ2n) is 6.95. The molecule has 1 aromatic heterocycles. The van der Waals surface area contributed by atoms with Gasteiger partial charge < -0.3 is 5.11 Å². The fraction of sp³-hybridized carbons (Fsp3) is 0.0435. The van der Waals surface area contributed by atoms with Gasteiger partial charge in [0.15, 0.2) is 0 Å². The number of alkyl halides is 3. The smallest absolute Gasteiger partial charge is 0.417 e. The minimum atomic E-state index is -4.54. The van der Waals surface area contributed by atoms with Gasteiger partial charge in [0.25, 0.3) is 0 Å². The monoisotopic (exact) mass is 472 g/mol. The summed E-state index contributed by atoms with van der Waals surface area (Å²) in [6, 6.07) is 15.6. The number of hydrogen-bond acceptors (Lipinski definition) is 6. The molecule has 3 aromatic carbocycles. The van der Waals surface area contributed by atoms with Crippen LogP contribution >= 0.6 is 11.3 Å². The third-order valence-corrected chi connectivity index (χ3v) is 5.81. The minimum absolute atomic E-state index is 0.0203. The molecule has 0 spiro atoms. The van der Waals surface area contributed by atoms with Crippen molar-refractivity contribution in [1.82, 2.24) is 4.98 Å². The van der Waals surface area contributed by atoms with E-state index in [1.54, 1.807) is 18.2 Å². The number of thiazole rings is 1. The summed E-state index contributed by atoms with van der Waals surface area (Å²) in [6.07, 6.45) is -4.54. The van der Waals surface area contributed by atoms with Crippen LogP contribution in [0.5, 0.6) is 0 Å². The molecule has 0 amide bonds. The molecular weight excluding hydrogens is 457 g/mol. The summed E-state index contributed by atoms with van der Waals surface area (Å²) in [5, 5.41) is 30.4. The van der Waals surface area contributed by atoms with Gasteiger partial charge in [-0.05, 0) is 23.8 Å². The maximum absolute atomic E-state index is 13.4. The lowest BCUT2D eigenvalue weighted by atomic mass is 9.96. The molecule has 1 heterocycles. The molecule has 0 saturated carbocycles. The lowest BCUT2D eigenvalue weighted by Crippen LogP contribution is -2.12. The van der Waals surface area contributed by atoms with Crippen LogP contribution in [0.3, 0.4) is 0 Å². The van der Waals surface area contributed by atoms with Gasteiger partial charge in [-0.2, -0.15) is 13.2 Å². The molecule has 4 aromatic rings. The normalized spacial score (nSPS) is 11.4. The van der Waals surface area contributed by atoms with Gasteiger partial charge in [-0.15, -0.1) is 16.6 Å². The van der Waals surface area contributed by atoms with Crippen molar-refractivity contribution >= 4 is 23.0 Å². The van der Waals surface area contributed by atoms with Crippen molar-refractivity contribution in [3.8, 4) is 33.0 Å². The van der Waals surface area contributed by atoms with Crippen molar-refractivity contribution in [3.05, 3.63) is 83.2 Å². The number of benzene rings is 3. The van der Waals surface area contributed by atoms with Crippen LogP contribution in [0.2, 0.25) is 0 Å². The Morgan fingerprint density at radius 3 is 2.24 bits per heavy atom. The van der Waals surface area contributed by atoms with E-state index in [2.05, 4.69) is 4.98 Å². The predicted molar refractivity (Wildman–Crippen MR) is 116 cm³/mol. The molecule has 0 bridgehead atoms. The molecular formula is C23H15F3N2O4S. The van der Waals surface area contributed by atoms with Crippen LogP contribution < -0.4 is 5.23 Å². The number of nitrogens with zero attached hydrogens (tertiary/aromatic N) is 2. The number of hydrogen-bond donors (Lipinski definition) is 3. The zero-order valence-corrected chi connectivity index (χ0v) is 17.4. The fourth-order valence-electron chi connectivity index (χ4n) is 3.45. The van der Waals surface area contributed by atoms with Gasteiger partial charge in [0.05, 0.1) is 16.8 Å². The molecule has 0 unspecified atom stereocenters. The molecule has 0 aliphatic heterocycles. The molecule has 10 heteroatoms. The Bertz CT molecular complexity index is 1340. The van der Waals surface area contributed by atoms with Crippen LogP contribution in [0.15, 0.2) is 72.1 Å². The Hall–Kier alpha value is -3.73. The number of halogens is 3. The number of para-hydroxylation sites is 1. The van der Waals surface area contributed by atoms with E-state index in [0.29, 0.717) is 10.6 Å². The first kappa shape index (κ1) is 22.5. The molecule has 0 radical (unpaired) electrons. The van der Waals surface area contributed by atoms with Crippen molar-refractivity contribution in [2.75, 3.05) is 5.23 Å². The number of carboxylic acid groups (broad SMARTS) is 1. The summed E-state index contributed by atoms with van der Waals surface area (Å²) in [7, 11) is 0. The number of carbonyl (C=O) groups is 1. The summed E-state index contributed by atoms with van der Waals surface area (Å²) < 4.78 is 40.1. The van der Waals surface area contributed by atoms with E-state index < -0.39 is 17.7 Å². The lowest BCUT2D eigenvalue weighted by molar-refractivity contribution is -0.137. The van der Waals surface area contributed by atoms with E-state index in [0.717, 1.165) is 17.4 Å². The van der Waals surface area contributed by atoms with Crippen LogP contribution in [0.4, 0.5) is 18.9 Å². The predicted octanol–water partition coefficient (Wildman–Crippen LogP) is 6.45. The van der Waals surface area contributed by atoms with E-state index in [1.807, 2.05) is 0 Å². The fourth-order valence-corrected chi connectivity index (χ4v) is 4.27. The van der Waals surface area contributed by atoms with Gasteiger partial charge in [-0.1, -0.05) is 48.5 Å². The Kier molecular flexibility index (Phi) is 5.90. The average molecular weight is 472 g/mol. The highest BCUT2D eigenvalue weighted by Crippen LogP contribution is 2.39. The SMILES string of the molecule is O=C(O)c1cc(-c2nc(-c3ccccc3C(F)(F)F)cs2)ccc1-c1ccccc1N(O)O. The molecule has 0 aliphatic carbocycles. The highest BCUT2D eigenvalue weighted by Gasteiger charge is 2.34. The van der Waals surface area contributed by atoms with Crippen LogP contribution in [0.1, 0.15) is 15.9 Å². The van der Waals surface area contributed by atoms with Crippen molar-refractivity contribution < 1.29 is 33.5 Å². The van der Waals surface area contributed by atoms with Crippen LogP contribution in [-0.2, 0) is 6.18 Å². The summed E-state index contributed by atoms with van der Waals surface area (Å²) in [4.78, 5) is 16.3. The Morgan fingerprint density at radius 2 is 1.58 bits per heavy atom. The molecule has 4 rings (SSSR count). The average Bonchev–Trinajstić information content (AvgIpc) is 3.28. The number of rotatable bonds is 5. The highest BCUT2D eigenvalue weighted by atomic mass is 32.1. The minimum Gasteiger partial charge on any atom is -0.478 e. The molecule has 0 aliphatic rings. The Balaban J connectivity index is 1.79. The number of aromatic nitrogens is 1. The Morgan fingerprint density at radius 1 is 0.909 bits per heavy atom. The van der Waals surface area contributed by atoms with E-state index in [-0.39, 0.29) is 38.9 Å². The molecule has 0 saturated heterocycles. The molecule has 6 nitrogen and oxygen atoms in total. The van der Waals surface area contributed by atoms with Crippen molar-refractivity contribution in [2.45, 2.75) is 6.18 Å². The van der Waals surface area contributed by atoms with Crippen LogP contribution in [-0.4, -0.2) is 26.5 Å². The topological polar surface area (TPSA) is 93.9 Å². The second-order valence-corrected chi connectivity index (χ2v) is 7.81. The van der Waals surface area contributed by atoms with Crippen molar-refractivity contribution in [2.24, 2.45) is 0 Å². The van der Waals surface area contributed by atoms with Gasteiger partial charge in [0.2, 0.25) is 0 Å². The second kappa shape index (κ2) is 8.66. The maximum atomic E-state index is 13.4. The van der Waals surface area contributed by atoms with Gasteiger partial charge in [0.1, 0.15) is 10.7 Å². The van der Waals surface area contributed by atoms with E-state index in [1.165, 1.54) is 47.8 Å². The first-order valence-electron chi connectivity index (χ1n) is 9.44. The zero-order valence-electron chi connectivity index (χ0n) is 16.6. The number of anilines is 1. The van der Waals surface area contributed by atoms with E-state index in [9.17, 15) is 33.5 Å². The lowest BCUT2D eigenvalue weighted by Gasteiger charge is -2.15. The van der Waals surface area contributed by atoms with Crippen molar-refractivity contribution in [3.63, 3.8) is 0 Å². The highest BCUT2D eigenvalue weighted by molar-refractivity contribution is 7.13. The third-order valence-electron chi connectivity index (χ3n) is 4.92. The Labute approximate surface area is 189 Å². The van der Waals surface area contributed by atoms with Crippen molar-refractivity contribution in [1.29, 1.82) is 0 Å². The summed E-state index contributed by atoms with van der Waals surface area (Å²) in [6.45, 7) is 0. The number of aromatic carboxylic acids is 1. The van der Waals surface area contributed by atoms with E-state index >= 15 is 0 Å². The summed E-state index contributed by atoms with van der Waals surface area (Å²) >= 11 is 1.09. The molecule has 0 atom stereocenters. The van der Waals surface area contributed by atoms with Gasteiger partial charge >= 0.3 is 12.1 Å². The maximum Gasteiger partial charge on any atom is 0.417 e. The molecule has 3 N–H and O–H groups in total. The zero-order chi connectivity index (χ0) is 23.8. The largest absolute Gasteiger partial charge is 0.478 e. The van der Waals surface area contributed by atoms with Gasteiger partial charge in [0, 0.05) is 22.1 Å². The molecule has 33 heavy (non-hydrogen) atoms. The quantitative estimate of drug-likeness (QED) is 0.289. The molecule has 168 valence electrons. The van der Waals surface area contributed by atoms with Crippen LogP contribution in [0, 0.1) is 0 Å². The van der Waals surface area contributed by atoms with Crippen LogP contribution in [0.25, 0.3) is 33.0 Å². The summed E-state index contributed by atoms with van der Waals surface area (Å²) in [5.41, 5.74) is 0.00606. The van der Waals surface area contributed by atoms with E-state index in [4.69, 9.17) is 0 Å².